The minimum atomic E-state index is -0.557. The first-order valence-electron chi connectivity index (χ1n) is 6.76. The van der Waals surface area contributed by atoms with Gasteiger partial charge in [0.05, 0.1) is 11.3 Å². The van der Waals surface area contributed by atoms with Gasteiger partial charge in [-0.2, -0.15) is 0 Å². The summed E-state index contributed by atoms with van der Waals surface area (Å²) in [6.07, 6.45) is 2.62. The van der Waals surface area contributed by atoms with E-state index in [1.807, 2.05) is 37.4 Å². The van der Waals surface area contributed by atoms with Crippen molar-refractivity contribution in [2.24, 2.45) is 0 Å². The molecule has 0 aliphatic carbocycles. The topological polar surface area (TPSA) is 62.3 Å². The molecule has 0 saturated heterocycles. The van der Waals surface area contributed by atoms with Crippen LogP contribution in [0.5, 0.6) is 0 Å². The highest BCUT2D eigenvalue weighted by Gasteiger charge is 2.28. The Morgan fingerprint density at radius 3 is 2.81 bits per heavy atom. The predicted octanol–water partition coefficient (Wildman–Crippen LogP) is 1.90. The van der Waals surface area contributed by atoms with Crippen molar-refractivity contribution in [1.82, 2.24) is 4.98 Å². The van der Waals surface area contributed by atoms with Crippen LogP contribution >= 0.6 is 0 Å². The van der Waals surface area contributed by atoms with E-state index >= 15 is 0 Å². The summed E-state index contributed by atoms with van der Waals surface area (Å²) in [6, 6.07) is 11.2. The van der Waals surface area contributed by atoms with Gasteiger partial charge in [-0.25, -0.2) is 0 Å². The van der Waals surface area contributed by atoms with Crippen LogP contribution in [0.3, 0.4) is 0 Å². The Morgan fingerprint density at radius 2 is 2.05 bits per heavy atom. The molecule has 0 fully saturated rings. The third kappa shape index (κ3) is 2.63. The lowest BCUT2D eigenvalue weighted by Crippen LogP contribution is -2.20. The van der Waals surface area contributed by atoms with E-state index < -0.39 is 11.7 Å². The first-order chi connectivity index (χ1) is 10.1. The molecule has 1 aliphatic rings. The van der Waals surface area contributed by atoms with Gasteiger partial charge >= 0.3 is 0 Å². The van der Waals surface area contributed by atoms with E-state index in [1.165, 1.54) is 0 Å². The van der Waals surface area contributed by atoms with Gasteiger partial charge in [-0.3, -0.25) is 14.6 Å². The molecule has 0 radical (unpaired) electrons. The van der Waals surface area contributed by atoms with Gasteiger partial charge in [0.1, 0.15) is 0 Å². The van der Waals surface area contributed by atoms with Gasteiger partial charge in [-0.05, 0) is 30.3 Å². The number of aromatic nitrogens is 1. The number of Topliss-reactive ketones (excluding diaryl/α,β-unsaturated/α-hetero) is 1. The second-order valence-corrected chi connectivity index (χ2v) is 5.01. The number of hydrogen-bond donors (Lipinski definition) is 1. The lowest BCUT2D eigenvalue weighted by molar-refractivity contribution is -0.112. The zero-order valence-electron chi connectivity index (χ0n) is 11.7. The minimum Gasteiger partial charge on any atom is -0.374 e. The zero-order chi connectivity index (χ0) is 14.8. The number of hydrogen-bond acceptors (Lipinski definition) is 4. The summed E-state index contributed by atoms with van der Waals surface area (Å²) >= 11 is 0. The number of fused-ring (bicyclic) bond motifs is 1. The monoisotopic (exact) mass is 281 g/mol. The molecular weight excluding hydrogens is 266 g/mol. The number of carbonyl (C=O) groups is 2. The average Bonchev–Trinajstić information content (AvgIpc) is 2.80. The van der Waals surface area contributed by atoms with E-state index in [2.05, 4.69) is 15.2 Å². The summed E-state index contributed by atoms with van der Waals surface area (Å²) < 4.78 is 0. The fourth-order valence-electron chi connectivity index (χ4n) is 2.33. The Hall–Kier alpha value is -2.69. The van der Waals surface area contributed by atoms with Crippen molar-refractivity contribution in [3.8, 4) is 0 Å². The number of carbonyl (C=O) groups excluding carboxylic acids is 2. The van der Waals surface area contributed by atoms with Gasteiger partial charge in [-0.15, -0.1) is 0 Å². The molecule has 21 heavy (non-hydrogen) atoms. The molecule has 5 nitrogen and oxygen atoms in total. The summed E-state index contributed by atoms with van der Waals surface area (Å²) in [5.41, 5.74) is 3.03. The Kier molecular flexibility index (Phi) is 3.39. The fraction of sp³-hybridized carbons (Fsp3) is 0.188. The summed E-state index contributed by atoms with van der Waals surface area (Å²) in [4.78, 5) is 29.3. The molecule has 106 valence electrons. The smallest absolute Gasteiger partial charge is 0.296 e. The van der Waals surface area contributed by atoms with Crippen LogP contribution in [-0.4, -0.2) is 30.3 Å². The van der Waals surface area contributed by atoms with Gasteiger partial charge < -0.3 is 10.2 Å². The van der Waals surface area contributed by atoms with Crippen LogP contribution in [0.1, 0.15) is 16.1 Å². The number of benzene rings is 1. The van der Waals surface area contributed by atoms with Crippen molar-refractivity contribution < 1.29 is 9.59 Å². The third-order valence-electron chi connectivity index (χ3n) is 3.57. The standard InChI is InChI=1S/C16H15N3O2/c1-19(9-7-11-4-2-3-8-17-11)12-5-6-13-14(10-12)18-16(21)15(13)20/h2-6,8,10H,7,9H2,1H3,(H,18,20,21). The maximum atomic E-state index is 11.6. The lowest BCUT2D eigenvalue weighted by atomic mass is 10.1. The summed E-state index contributed by atoms with van der Waals surface area (Å²) in [6.45, 7) is 0.803. The Bertz CT molecular complexity index is 698. The van der Waals surface area contributed by atoms with E-state index in [1.54, 1.807) is 12.3 Å². The number of anilines is 2. The molecule has 0 atom stereocenters. The second-order valence-electron chi connectivity index (χ2n) is 5.01. The minimum absolute atomic E-state index is 0.446. The van der Waals surface area contributed by atoms with Crippen molar-refractivity contribution in [3.63, 3.8) is 0 Å². The lowest BCUT2D eigenvalue weighted by Gasteiger charge is -2.19. The molecule has 1 N–H and O–H groups in total. The molecule has 0 saturated carbocycles. The zero-order valence-corrected chi connectivity index (χ0v) is 11.7. The molecule has 1 aromatic carbocycles. The van der Waals surface area contributed by atoms with E-state index in [4.69, 9.17) is 0 Å². The van der Waals surface area contributed by atoms with Crippen LogP contribution in [0.2, 0.25) is 0 Å². The second kappa shape index (κ2) is 5.36. The van der Waals surface area contributed by atoms with Crippen molar-refractivity contribution in [1.29, 1.82) is 0 Å². The van der Waals surface area contributed by atoms with Crippen molar-refractivity contribution in [3.05, 3.63) is 53.9 Å². The third-order valence-corrected chi connectivity index (χ3v) is 3.57. The number of nitrogens with zero attached hydrogens (tertiary/aromatic N) is 2. The summed E-state index contributed by atoms with van der Waals surface area (Å²) in [7, 11) is 1.98. The van der Waals surface area contributed by atoms with Gasteiger partial charge in [0.15, 0.2) is 0 Å². The Morgan fingerprint density at radius 1 is 1.19 bits per heavy atom. The number of nitrogens with one attached hydrogen (secondary N) is 1. The highest BCUT2D eigenvalue weighted by Crippen LogP contribution is 2.27. The molecular formula is C16H15N3O2. The number of pyridine rings is 1. The molecule has 0 unspecified atom stereocenters. The predicted molar refractivity (Wildman–Crippen MR) is 80.6 cm³/mol. The Labute approximate surface area is 122 Å². The molecule has 1 aliphatic heterocycles. The molecule has 3 rings (SSSR count). The maximum absolute atomic E-state index is 11.6. The van der Waals surface area contributed by atoms with Crippen LogP contribution < -0.4 is 10.2 Å². The van der Waals surface area contributed by atoms with Gasteiger partial charge in [0, 0.05) is 37.6 Å². The molecule has 2 aromatic rings. The van der Waals surface area contributed by atoms with Crippen LogP contribution in [0.4, 0.5) is 11.4 Å². The van der Waals surface area contributed by atoms with E-state index in [0.717, 1.165) is 24.3 Å². The highest BCUT2D eigenvalue weighted by atomic mass is 16.2. The molecule has 1 aromatic heterocycles. The Balaban J connectivity index is 1.71. The molecule has 2 heterocycles. The van der Waals surface area contributed by atoms with Crippen molar-refractivity contribution in [2.75, 3.05) is 23.8 Å². The van der Waals surface area contributed by atoms with E-state index in [9.17, 15) is 9.59 Å². The number of likely N-dealkylation sites (N-methyl/N-ethyl adjacent to an activating group) is 1. The summed E-state index contributed by atoms with van der Waals surface area (Å²) in [5.74, 6) is -1.02. The molecule has 5 heteroatoms. The SMILES string of the molecule is CN(CCc1ccccn1)c1ccc2c(c1)NC(=O)C2=O. The maximum Gasteiger partial charge on any atom is 0.296 e. The molecule has 0 bridgehead atoms. The fourth-order valence-corrected chi connectivity index (χ4v) is 2.33. The molecule has 1 amide bonds. The summed E-state index contributed by atoms with van der Waals surface area (Å²) in [5, 5.41) is 2.59. The van der Waals surface area contributed by atoms with E-state index in [0.29, 0.717) is 11.3 Å². The normalized spacial score (nSPS) is 13.0. The number of ketones is 1. The first kappa shape index (κ1) is 13.3. The van der Waals surface area contributed by atoms with Crippen molar-refractivity contribution in [2.45, 2.75) is 6.42 Å². The van der Waals surface area contributed by atoms with Crippen LogP contribution in [0, 0.1) is 0 Å². The van der Waals surface area contributed by atoms with Crippen LogP contribution in [-0.2, 0) is 11.2 Å². The van der Waals surface area contributed by atoms with Gasteiger partial charge in [0.25, 0.3) is 11.7 Å². The van der Waals surface area contributed by atoms with E-state index in [-0.39, 0.29) is 0 Å². The first-order valence-corrected chi connectivity index (χ1v) is 6.76. The van der Waals surface area contributed by atoms with Crippen LogP contribution in [0.15, 0.2) is 42.6 Å². The highest BCUT2D eigenvalue weighted by molar-refractivity contribution is 6.51. The van der Waals surface area contributed by atoms with Crippen molar-refractivity contribution >= 4 is 23.1 Å². The molecule has 0 spiro atoms. The largest absolute Gasteiger partial charge is 0.374 e. The number of rotatable bonds is 4. The average molecular weight is 281 g/mol. The van der Waals surface area contributed by atoms with Gasteiger partial charge in [0.2, 0.25) is 0 Å². The van der Waals surface area contributed by atoms with Gasteiger partial charge in [-0.1, -0.05) is 6.07 Å². The quantitative estimate of drug-likeness (QED) is 0.869. The van der Waals surface area contributed by atoms with Crippen LogP contribution in [0.25, 0.3) is 0 Å². The number of amides is 1.